The third kappa shape index (κ3) is 7.58. The summed E-state index contributed by atoms with van der Waals surface area (Å²) >= 11 is 0. The van der Waals surface area contributed by atoms with Crippen LogP contribution in [0.25, 0.3) is 0 Å². The number of halogens is 3. The highest BCUT2D eigenvalue weighted by Gasteiger charge is 2.28. The lowest BCUT2D eigenvalue weighted by Gasteiger charge is -2.12. The fourth-order valence-corrected chi connectivity index (χ4v) is 2.25. The maximum absolute atomic E-state index is 12.2. The van der Waals surface area contributed by atoms with E-state index in [0.717, 1.165) is 11.1 Å². The summed E-state index contributed by atoms with van der Waals surface area (Å²) in [5.41, 5.74) is 2.46. The highest BCUT2D eigenvalue weighted by atomic mass is 19.4. The molecular formula is C20H21F3N4O. The molecule has 0 heterocycles. The van der Waals surface area contributed by atoms with Crippen LogP contribution in [0.2, 0.25) is 0 Å². The van der Waals surface area contributed by atoms with Crippen molar-refractivity contribution in [3.63, 3.8) is 0 Å². The average molecular weight is 390 g/mol. The molecule has 0 radical (unpaired) electrons. The predicted octanol–water partition coefficient (Wildman–Crippen LogP) is 3.75. The molecule has 2 rings (SSSR count). The number of rotatable bonds is 7. The van der Waals surface area contributed by atoms with Gasteiger partial charge in [-0.2, -0.15) is 18.4 Å². The van der Waals surface area contributed by atoms with Crippen LogP contribution >= 0.6 is 0 Å². The number of hydrogen-bond acceptors (Lipinski definition) is 3. The first kappa shape index (κ1) is 21.1. The number of nitrogens with one attached hydrogen (secondary N) is 2. The van der Waals surface area contributed by atoms with E-state index in [1.54, 1.807) is 24.3 Å². The molecule has 0 bridgehead atoms. The molecule has 2 aromatic carbocycles. The van der Waals surface area contributed by atoms with E-state index in [0.29, 0.717) is 31.2 Å². The first-order chi connectivity index (χ1) is 13.4. The minimum absolute atomic E-state index is 0.163. The van der Waals surface area contributed by atoms with Crippen molar-refractivity contribution in [2.24, 2.45) is 4.99 Å². The zero-order valence-corrected chi connectivity index (χ0v) is 15.4. The molecule has 0 unspecified atom stereocenters. The Hall–Kier alpha value is -3.21. The molecule has 8 heteroatoms. The summed E-state index contributed by atoms with van der Waals surface area (Å²) in [5.74, 6) is 0.778. The molecule has 148 valence electrons. The Bertz CT molecular complexity index is 809. The molecule has 28 heavy (non-hydrogen) atoms. The first-order valence-corrected chi connectivity index (χ1v) is 8.69. The molecule has 2 N–H and O–H groups in total. The minimum atomic E-state index is -4.36. The van der Waals surface area contributed by atoms with Crippen molar-refractivity contribution in [2.45, 2.75) is 26.2 Å². The van der Waals surface area contributed by atoms with Crippen LogP contribution in [0.15, 0.2) is 53.5 Å². The van der Waals surface area contributed by atoms with Gasteiger partial charge in [-0.05, 0) is 42.3 Å². The Balaban J connectivity index is 1.91. The summed E-state index contributed by atoms with van der Waals surface area (Å²) in [6, 6.07) is 15.7. The second-order valence-corrected chi connectivity index (χ2v) is 5.91. The molecule has 5 nitrogen and oxygen atoms in total. The maximum Gasteiger partial charge on any atom is 0.422 e. The molecule has 0 atom stereocenters. The molecule has 0 aliphatic heterocycles. The van der Waals surface area contributed by atoms with Crippen molar-refractivity contribution in [3.05, 3.63) is 65.2 Å². The fraction of sp³-hybridized carbons (Fsp3) is 0.300. The van der Waals surface area contributed by atoms with Gasteiger partial charge in [-0.25, -0.2) is 4.99 Å². The van der Waals surface area contributed by atoms with Crippen molar-refractivity contribution in [2.75, 3.05) is 13.2 Å². The van der Waals surface area contributed by atoms with Gasteiger partial charge in [-0.15, -0.1) is 0 Å². The number of guanidine groups is 1. The van der Waals surface area contributed by atoms with Crippen LogP contribution in [0, 0.1) is 11.3 Å². The molecule has 0 aromatic heterocycles. The zero-order valence-electron chi connectivity index (χ0n) is 15.4. The summed E-state index contributed by atoms with van der Waals surface area (Å²) in [6.07, 6.45) is -4.36. The standard InChI is InChI=1S/C20H21F3N4O/c1-2-25-19(26-12-16-5-3-15(11-24)4-6-16)27-13-17-7-9-18(10-8-17)28-14-20(21,22)23/h3-10H,2,12-14H2,1H3,(H2,25,26,27). The SMILES string of the molecule is CCNC(=NCc1ccc(OCC(F)(F)F)cc1)NCc1ccc(C#N)cc1. The van der Waals surface area contributed by atoms with E-state index < -0.39 is 12.8 Å². The Morgan fingerprint density at radius 1 is 1.04 bits per heavy atom. The summed E-state index contributed by atoms with van der Waals surface area (Å²) in [4.78, 5) is 4.47. The van der Waals surface area contributed by atoms with Crippen molar-refractivity contribution in [3.8, 4) is 11.8 Å². The maximum atomic E-state index is 12.2. The van der Waals surface area contributed by atoms with E-state index >= 15 is 0 Å². The second-order valence-electron chi connectivity index (χ2n) is 5.91. The topological polar surface area (TPSA) is 69.4 Å². The van der Waals surface area contributed by atoms with Crippen LogP contribution in [-0.2, 0) is 13.1 Å². The van der Waals surface area contributed by atoms with Crippen LogP contribution < -0.4 is 15.4 Å². The van der Waals surface area contributed by atoms with Crippen molar-refractivity contribution < 1.29 is 17.9 Å². The normalized spacial score (nSPS) is 11.6. The van der Waals surface area contributed by atoms with E-state index in [2.05, 4.69) is 26.4 Å². The lowest BCUT2D eigenvalue weighted by atomic mass is 10.1. The first-order valence-electron chi connectivity index (χ1n) is 8.69. The van der Waals surface area contributed by atoms with Crippen LogP contribution in [0.3, 0.4) is 0 Å². The van der Waals surface area contributed by atoms with Gasteiger partial charge in [-0.1, -0.05) is 24.3 Å². The van der Waals surface area contributed by atoms with Gasteiger partial charge in [-0.3, -0.25) is 0 Å². The van der Waals surface area contributed by atoms with Gasteiger partial charge in [0.2, 0.25) is 0 Å². The Kier molecular flexibility index (Phi) is 7.69. The molecule has 0 aliphatic carbocycles. The lowest BCUT2D eigenvalue weighted by Crippen LogP contribution is -2.36. The quantitative estimate of drug-likeness (QED) is 0.558. The Morgan fingerprint density at radius 2 is 1.68 bits per heavy atom. The third-order valence-electron chi connectivity index (χ3n) is 3.63. The Labute approximate surface area is 161 Å². The largest absolute Gasteiger partial charge is 0.484 e. The zero-order chi connectivity index (χ0) is 20.4. The monoisotopic (exact) mass is 390 g/mol. The summed E-state index contributed by atoms with van der Waals surface area (Å²) in [7, 11) is 0. The molecule has 0 fully saturated rings. The van der Waals surface area contributed by atoms with E-state index in [1.807, 2.05) is 19.1 Å². The van der Waals surface area contributed by atoms with Crippen LogP contribution in [0.4, 0.5) is 13.2 Å². The van der Waals surface area contributed by atoms with Crippen LogP contribution in [-0.4, -0.2) is 25.3 Å². The predicted molar refractivity (Wildman–Crippen MR) is 101 cm³/mol. The van der Waals surface area contributed by atoms with Gasteiger partial charge in [0.15, 0.2) is 12.6 Å². The molecule has 0 amide bonds. The highest BCUT2D eigenvalue weighted by molar-refractivity contribution is 5.79. The number of alkyl halides is 3. The number of nitriles is 1. The van der Waals surface area contributed by atoms with Crippen molar-refractivity contribution >= 4 is 5.96 Å². The highest BCUT2D eigenvalue weighted by Crippen LogP contribution is 2.19. The number of nitrogens with zero attached hydrogens (tertiary/aromatic N) is 2. The molecule has 2 aromatic rings. The number of aliphatic imine (C=N–C) groups is 1. The molecule has 0 spiro atoms. The number of benzene rings is 2. The molecule has 0 saturated heterocycles. The Morgan fingerprint density at radius 3 is 2.25 bits per heavy atom. The van der Waals surface area contributed by atoms with Gasteiger partial charge in [0.1, 0.15) is 5.75 Å². The molecule has 0 aliphatic rings. The smallest absolute Gasteiger partial charge is 0.422 e. The third-order valence-corrected chi connectivity index (χ3v) is 3.63. The van der Waals surface area contributed by atoms with Crippen molar-refractivity contribution in [1.82, 2.24) is 10.6 Å². The van der Waals surface area contributed by atoms with Crippen LogP contribution in [0.1, 0.15) is 23.6 Å². The van der Waals surface area contributed by atoms with Crippen LogP contribution in [0.5, 0.6) is 5.75 Å². The summed E-state index contributed by atoms with van der Waals surface area (Å²) in [6.45, 7) is 2.23. The molecular weight excluding hydrogens is 369 g/mol. The van der Waals surface area contributed by atoms with Gasteiger partial charge in [0, 0.05) is 13.1 Å². The minimum Gasteiger partial charge on any atom is -0.484 e. The number of hydrogen-bond donors (Lipinski definition) is 2. The van der Waals surface area contributed by atoms with E-state index in [-0.39, 0.29) is 5.75 Å². The van der Waals surface area contributed by atoms with Gasteiger partial charge in [0.25, 0.3) is 0 Å². The van der Waals surface area contributed by atoms with Gasteiger partial charge < -0.3 is 15.4 Å². The van der Waals surface area contributed by atoms with E-state index in [4.69, 9.17) is 5.26 Å². The van der Waals surface area contributed by atoms with Gasteiger partial charge in [0.05, 0.1) is 18.2 Å². The summed E-state index contributed by atoms with van der Waals surface area (Å²) in [5, 5.41) is 15.2. The second kappa shape index (κ2) is 10.2. The van der Waals surface area contributed by atoms with Crippen molar-refractivity contribution in [1.29, 1.82) is 5.26 Å². The summed E-state index contributed by atoms with van der Waals surface area (Å²) < 4.78 is 41.2. The fourth-order valence-electron chi connectivity index (χ4n) is 2.25. The van der Waals surface area contributed by atoms with Gasteiger partial charge >= 0.3 is 6.18 Å². The lowest BCUT2D eigenvalue weighted by molar-refractivity contribution is -0.153. The molecule has 0 saturated carbocycles. The number of ether oxygens (including phenoxy) is 1. The average Bonchev–Trinajstić information content (AvgIpc) is 2.69. The van der Waals surface area contributed by atoms with E-state index in [9.17, 15) is 13.2 Å². The van der Waals surface area contributed by atoms with E-state index in [1.165, 1.54) is 12.1 Å².